The van der Waals surface area contributed by atoms with Crippen LogP contribution in [0.1, 0.15) is 22.3 Å². The summed E-state index contributed by atoms with van der Waals surface area (Å²) in [6.07, 6.45) is 5.13. The number of aryl methyl sites for hydroxylation is 2. The molecular weight excluding hydrogens is 340 g/mol. The fourth-order valence-electron chi connectivity index (χ4n) is 2.47. The Morgan fingerprint density at radius 2 is 2.00 bits per heavy atom. The van der Waals surface area contributed by atoms with Crippen molar-refractivity contribution in [3.8, 4) is 5.75 Å². The minimum absolute atomic E-state index is 0.0902. The molecule has 6 nitrogen and oxygen atoms in total. The number of ether oxygens (including phenoxy) is 1. The van der Waals surface area contributed by atoms with Crippen molar-refractivity contribution in [3.63, 3.8) is 0 Å². The summed E-state index contributed by atoms with van der Waals surface area (Å²) in [5.74, 6) is 0.348. The van der Waals surface area contributed by atoms with Gasteiger partial charge in [0.1, 0.15) is 5.75 Å². The standard InChI is InChI=1S/C21H22N4O2/c1-16-8-9-20(10-17(16)2)27-15-21(26)24-22-11-19-12-23-25(14-19)13-18-6-4-3-5-7-18/h3-12,14H,13,15H2,1-2H3,(H,24,26)/b22-11-. The summed E-state index contributed by atoms with van der Waals surface area (Å²) in [6, 6.07) is 15.8. The number of aromatic nitrogens is 2. The number of carbonyl (C=O) groups excluding carboxylic acids is 1. The Bertz CT molecular complexity index is 932. The minimum Gasteiger partial charge on any atom is -0.484 e. The molecule has 138 valence electrons. The van der Waals surface area contributed by atoms with Gasteiger partial charge in [0.05, 0.1) is 19.0 Å². The lowest BCUT2D eigenvalue weighted by atomic mass is 10.1. The number of nitrogens with zero attached hydrogens (tertiary/aromatic N) is 3. The summed E-state index contributed by atoms with van der Waals surface area (Å²) in [4.78, 5) is 11.8. The molecular formula is C21H22N4O2. The average molecular weight is 362 g/mol. The van der Waals surface area contributed by atoms with Gasteiger partial charge in [-0.15, -0.1) is 0 Å². The number of rotatable bonds is 7. The highest BCUT2D eigenvalue weighted by molar-refractivity contribution is 5.82. The van der Waals surface area contributed by atoms with Crippen LogP contribution >= 0.6 is 0 Å². The van der Waals surface area contributed by atoms with Gasteiger partial charge in [-0.1, -0.05) is 36.4 Å². The molecule has 0 bridgehead atoms. The summed E-state index contributed by atoms with van der Waals surface area (Å²) < 4.78 is 7.30. The van der Waals surface area contributed by atoms with Crippen LogP contribution < -0.4 is 10.2 Å². The van der Waals surface area contributed by atoms with Gasteiger partial charge in [-0.2, -0.15) is 10.2 Å². The molecule has 0 saturated heterocycles. The maximum absolute atomic E-state index is 11.8. The summed E-state index contributed by atoms with van der Waals surface area (Å²) >= 11 is 0. The molecule has 0 saturated carbocycles. The second-order valence-corrected chi connectivity index (χ2v) is 6.28. The van der Waals surface area contributed by atoms with Crippen LogP contribution in [0.2, 0.25) is 0 Å². The lowest BCUT2D eigenvalue weighted by Gasteiger charge is -2.07. The van der Waals surface area contributed by atoms with Gasteiger partial charge in [-0.3, -0.25) is 9.48 Å². The highest BCUT2D eigenvalue weighted by Gasteiger charge is 2.03. The van der Waals surface area contributed by atoms with E-state index in [9.17, 15) is 4.79 Å². The Hall–Kier alpha value is -3.41. The van der Waals surface area contributed by atoms with E-state index in [1.54, 1.807) is 12.4 Å². The SMILES string of the molecule is Cc1ccc(OCC(=O)N/N=C\c2cnn(Cc3ccccc3)c2)cc1C. The van der Waals surface area contributed by atoms with Crippen molar-refractivity contribution in [2.75, 3.05) is 6.61 Å². The van der Waals surface area contributed by atoms with Crippen molar-refractivity contribution in [1.29, 1.82) is 0 Å². The lowest BCUT2D eigenvalue weighted by Crippen LogP contribution is -2.24. The number of hydrogen-bond donors (Lipinski definition) is 1. The fourth-order valence-corrected chi connectivity index (χ4v) is 2.47. The highest BCUT2D eigenvalue weighted by Crippen LogP contribution is 2.16. The van der Waals surface area contributed by atoms with Crippen LogP contribution in [0, 0.1) is 13.8 Å². The Morgan fingerprint density at radius 3 is 2.78 bits per heavy atom. The number of benzene rings is 2. The van der Waals surface area contributed by atoms with Crippen LogP contribution in [0.15, 0.2) is 66.0 Å². The van der Waals surface area contributed by atoms with Crippen molar-refractivity contribution in [2.45, 2.75) is 20.4 Å². The van der Waals surface area contributed by atoms with E-state index >= 15 is 0 Å². The molecule has 0 fully saturated rings. The van der Waals surface area contributed by atoms with Gasteiger partial charge in [-0.05, 0) is 42.7 Å². The van der Waals surface area contributed by atoms with E-state index in [-0.39, 0.29) is 12.5 Å². The molecule has 0 radical (unpaired) electrons. The van der Waals surface area contributed by atoms with Gasteiger partial charge in [0.15, 0.2) is 6.61 Å². The highest BCUT2D eigenvalue weighted by atomic mass is 16.5. The average Bonchev–Trinajstić information content (AvgIpc) is 3.11. The number of hydrogen-bond acceptors (Lipinski definition) is 4. The maximum atomic E-state index is 11.8. The lowest BCUT2D eigenvalue weighted by molar-refractivity contribution is -0.123. The van der Waals surface area contributed by atoms with Gasteiger partial charge in [-0.25, -0.2) is 5.43 Å². The van der Waals surface area contributed by atoms with Crippen molar-refractivity contribution in [3.05, 3.63) is 83.2 Å². The summed E-state index contributed by atoms with van der Waals surface area (Å²) in [6.45, 7) is 4.63. The summed E-state index contributed by atoms with van der Waals surface area (Å²) in [7, 11) is 0. The molecule has 1 aromatic heterocycles. The molecule has 0 aliphatic rings. The zero-order valence-corrected chi connectivity index (χ0v) is 15.4. The van der Waals surface area contributed by atoms with Crippen LogP contribution in [0.5, 0.6) is 5.75 Å². The second kappa shape index (κ2) is 8.80. The van der Waals surface area contributed by atoms with Gasteiger partial charge in [0.2, 0.25) is 0 Å². The van der Waals surface area contributed by atoms with E-state index in [0.29, 0.717) is 12.3 Å². The van der Waals surface area contributed by atoms with E-state index in [2.05, 4.69) is 15.6 Å². The van der Waals surface area contributed by atoms with Crippen LogP contribution in [0.3, 0.4) is 0 Å². The number of hydrazone groups is 1. The molecule has 3 aromatic rings. The minimum atomic E-state index is -0.318. The van der Waals surface area contributed by atoms with Crippen LogP contribution in [0.4, 0.5) is 0 Å². The zero-order valence-electron chi connectivity index (χ0n) is 15.4. The summed E-state index contributed by atoms with van der Waals surface area (Å²) in [5.41, 5.74) is 6.74. The molecule has 1 N–H and O–H groups in total. The Balaban J connectivity index is 1.46. The van der Waals surface area contributed by atoms with Crippen LogP contribution in [-0.4, -0.2) is 28.5 Å². The van der Waals surface area contributed by atoms with Gasteiger partial charge in [0.25, 0.3) is 5.91 Å². The molecule has 27 heavy (non-hydrogen) atoms. The molecule has 6 heteroatoms. The van der Waals surface area contributed by atoms with E-state index in [4.69, 9.17) is 4.74 Å². The van der Waals surface area contributed by atoms with Crippen molar-refractivity contribution >= 4 is 12.1 Å². The normalized spacial score (nSPS) is 10.9. The van der Waals surface area contributed by atoms with Gasteiger partial charge >= 0.3 is 0 Å². The van der Waals surface area contributed by atoms with E-state index in [1.807, 2.05) is 73.3 Å². The first-order valence-electron chi connectivity index (χ1n) is 8.68. The third-order valence-electron chi connectivity index (χ3n) is 4.09. The maximum Gasteiger partial charge on any atom is 0.277 e. The molecule has 0 aliphatic heterocycles. The van der Waals surface area contributed by atoms with Crippen LogP contribution in [-0.2, 0) is 11.3 Å². The van der Waals surface area contributed by atoms with E-state index in [0.717, 1.165) is 11.1 Å². The molecule has 0 unspecified atom stereocenters. The molecule has 0 spiro atoms. The monoisotopic (exact) mass is 362 g/mol. The molecule has 1 heterocycles. The second-order valence-electron chi connectivity index (χ2n) is 6.28. The van der Waals surface area contributed by atoms with Crippen molar-refractivity contribution < 1.29 is 9.53 Å². The van der Waals surface area contributed by atoms with Gasteiger partial charge in [0, 0.05) is 11.8 Å². The molecule has 3 rings (SSSR count). The molecule has 0 atom stereocenters. The topological polar surface area (TPSA) is 68.5 Å². The van der Waals surface area contributed by atoms with Crippen molar-refractivity contribution in [2.24, 2.45) is 5.10 Å². The molecule has 2 aromatic carbocycles. The number of carbonyl (C=O) groups is 1. The smallest absolute Gasteiger partial charge is 0.277 e. The molecule has 0 aliphatic carbocycles. The Morgan fingerprint density at radius 1 is 1.19 bits per heavy atom. The fraction of sp³-hybridized carbons (Fsp3) is 0.190. The third kappa shape index (κ3) is 5.54. The van der Waals surface area contributed by atoms with Crippen molar-refractivity contribution in [1.82, 2.24) is 15.2 Å². The Labute approximate surface area is 158 Å². The molecule has 1 amide bonds. The van der Waals surface area contributed by atoms with Gasteiger partial charge < -0.3 is 4.74 Å². The Kier molecular flexibility index (Phi) is 5.99. The predicted octanol–water partition coefficient (Wildman–Crippen LogP) is 3.08. The first-order valence-corrected chi connectivity index (χ1v) is 8.68. The first kappa shape index (κ1) is 18.4. The largest absolute Gasteiger partial charge is 0.484 e. The van der Waals surface area contributed by atoms with E-state index in [1.165, 1.54) is 11.1 Å². The number of amides is 1. The first-order chi connectivity index (χ1) is 13.1. The number of nitrogens with one attached hydrogen (secondary N) is 1. The third-order valence-corrected chi connectivity index (χ3v) is 4.09. The predicted molar refractivity (Wildman–Crippen MR) is 105 cm³/mol. The summed E-state index contributed by atoms with van der Waals surface area (Å²) in [5, 5.41) is 8.24. The van der Waals surface area contributed by atoms with E-state index < -0.39 is 0 Å². The van der Waals surface area contributed by atoms with Crippen LogP contribution in [0.25, 0.3) is 0 Å². The zero-order chi connectivity index (χ0) is 19.1. The quantitative estimate of drug-likeness (QED) is 0.519.